The normalized spacial score (nSPS) is 19.0. The zero-order valence-corrected chi connectivity index (χ0v) is 14.3. The molecule has 6 heteroatoms. The lowest BCUT2D eigenvalue weighted by molar-refractivity contribution is -0.122. The van der Waals surface area contributed by atoms with Crippen LogP contribution >= 0.6 is 0 Å². The fourth-order valence-corrected chi connectivity index (χ4v) is 3.34. The zero-order valence-electron chi connectivity index (χ0n) is 14.3. The smallest absolute Gasteiger partial charge is 0.234 e. The highest BCUT2D eigenvalue weighted by Crippen LogP contribution is 2.19. The van der Waals surface area contributed by atoms with Crippen molar-refractivity contribution in [1.29, 1.82) is 0 Å². The van der Waals surface area contributed by atoms with Crippen molar-refractivity contribution in [3.63, 3.8) is 0 Å². The Hall–Kier alpha value is -1.95. The molecule has 0 unspecified atom stereocenters. The van der Waals surface area contributed by atoms with E-state index in [2.05, 4.69) is 31.2 Å². The van der Waals surface area contributed by atoms with Gasteiger partial charge in [0.2, 0.25) is 5.91 Å². The number of amides is 1. The van der Waals surface area contributed by atoms with Gasteiger partial charge in [0, 0.05) is 45.1 Å². The molecule has 0 saturated carbocycles. The number of nitrogens with zero attached hydrogens (tertiary/aromatic N) is 4. The van der Waals surface area contributed by atoms with E-state index in [-0.39, 0.29) is 5.91 Å². The number of carbonyl (C=O) groups is 1. The molecule has 1 aromatic rings. The third-order valence-corrected chi connectivity index (χ3v) is 4.77. The average Bonchev–Trinajstić information content (AvgIpc) is 2.64. The molecule has 1 aliphatic heterocycles. The third kappa shape index (κ3) is 5.03. The minimum absolute atomic E-state index is 0.138. The van der Waals surface area contributed by atoms with Crippen molar-refractivity contribution in [3.05, 3.63) is 30.2 Å². The molecule has 3 rings (SSSR count). The summed E-state index contributed by atoms with van der Waals surface area (Å²) in [6.45, 7) is 4.81. The second-order valence-electron chi connectivity index (χ2n) is 6.53. The fourth-order valence-electron chi connectivity index (χ4n) is 3.34. The molecule has 1 N–H and O–H groups in total. The summed E-state index contributed by atoms with van der Waals surface area (Å²) in [5.74, 6) is 1.06. The van der Waals surface area contributed by atoms with Crippen molar-refractivity contribution >= 4 is 11.7 Å². The van der Waals surface area contributed by atoms with Crippen LogP contribution in [-0.2, 0) is 4.79 Å². The van der Waals surface area contributed by atoms with Crippen molar-refractivity contribution in [2.45, 2.75) is 32.1 Å². The Balaban J connectivity index is 1.33. The number of nitrogens with one attached hydrogen (secondary N) is 1. The van der Waals surface area contributed by atoms with E-state index in [1.165, 1.54) is 31.3 Å². The summed E-state index contributed by atoms with van der Waals surface area (Å²) < 4.78 is 0. The first-order valence-corrected chi connectivity index (χ1v) is 8.99. The average molecular weight is 329 g/mol. The molecule has 0 radical (unpaired) electrons. The van der Waals surface area contributed by atoms with Gasteiger partial charge in [0.15, 0.2) is 0 Å². The number of aromatic nitrogens is 2. The van der Waals surface area contributed by atoms with Crippen molar-refractivity contribution in [2.24, 2.45) is 0 Å². The molecule has 2 heterocycles. The van der Waals surface area contributed by atoms with Gasteiger partial charge < -0.3 is 10.2 Å². The maximum Gasteiger partial charge on any atom is 0.234 e. The Morgan fingerprint density at radius 1 is 1.17 bits per heavy atom. The van der Waals surface area contributed by atoms with E-state index in [0.29, 0.717) is 6.54 Å². The SMILES string of the molecule is O=C(CN1CCN(c2cnccn2)CC1)NCCC1=CCCCC1. The van der Waals surface area contributed by atoms with Crippen LogP contribution in [0, 0.1) is 0 Å². The first-order valence-electron chi connectivity index (χ1n) is 8.99. The molecule has 0 atom stereocenters. The number of allylic oxidation sites excluding steroid dienone is 1. The molecule has 1 fully saturated rings. The Morgan fingerprint density at radius 3 is 2.75 bits per heavy atom. The molecule has 1 aliphatic carbocycles. The first kappa shape index (κ1) is 16.9. The highest BCUT2D eigenvalue weighted by atomic mass is 16.2. The molecule has 1 saturated heterocycles. The molecular formula is C18H27N5O. The summed E-state index contributed by atoms with van der Waals surface area (Å²) in [6.07, 6.45) is 13.6. The van der Waals surface area contributed by atoms with Crippen LogP contribution in [0.4, 0.5) is 5.82 Å². The van der Waals surface area contributed by atoms with E-state index in [0.717, 1.165) is 45.0 Å². The second-order valence-corrected chi connectivity index (χ2v) is 6.53. The monoisotopic (exact) mass is 329 g/mol. The van der Waals surface area contributed by atoms with Crippen LogP contribution in [0.1, 0.15) is 32.1 Å². The molecule has 6 nitrogen and oxygen atoms in total. The first-order chi connectivity index (χ1) is 11.8. The van der Waals surface area contributed by atoms with Crippen molar-refractivity contribution in [3.8, 4) is 0 Å². The standard InChI is InChI=1S/C18H27N5O/c24-18(21-7-6-16-4-2-1-3-5-16)15-22-10-12-23(13-11-22)17-14-19-8-9-20-17/h4,8-9,14H,1-3,5-7,10-13,15H2,(H,21,24). The van der Waals surface area contributed by atoms with Gasteiger partial charge in [-0.1, -0.05) is 11.6 Å². The van der Waals surface area contributed by atoms with Gasteiger partial charge in [-0.05, 0) is 32.1 Å². The minimum Gasteiger partial charge on any atom is -0.355 e. The van der Waals surface area contributed by atoms with Gasteiger partial charge in [0.25, 0.3) is 0 Å². The molecule has 0 bridgehead atoms. The van der Waals surface area contributed by atoms with Crippen LogP contribution in [0.25, 0.3) is 0 Å². The van der Waals surface area contributed by atoms with Gasteiger partial charge >= 0.3 is 0 Å². The number of hydrogen-bond acceptors (Lipinski definition) is 5. The number of piperazine rings is 1. The van der Waals surface area contributed by atoms with Crippen LogP contribution in [-0.4, -0.2) is 60.0 Å². The van der Waals surface area contributed by atoms with E-state index in [4.69, 9.17) is 0 Å². The summed E-state index contributed by atoms with van der Waals surface area (Å²) in [7, 11) is 0. The van der Waals surface area contributed by atoms with Gasteiger partial charge in [-0.2, -0.15) is 0 Å². The van der Waals surface area contributed by atoms with Crippen molar-refractivity contribution in [2.75, 3.05) is 44.2 Å². The summed E-state index contributed by atoms with van der Waals surface area (Å²) in [5.41, 5.74) is 1.51. The Kier molecular flexibility index (Phi) is 6.18. The molecule has 2 aliphatic rings. The molecule has 1 aromatic heterocycles. The van der Waals surface area contributed by atoms with Crippen molar-refractivity contribution in [1.82, 2.24) is 20.2 Å². The van der Waals surface area contributed by atoms with Crippen LogP contribution in [0.3, 0.4) is 0 Å². The quantitative estimate of drug-likeness (QED) is 0.804. The number of carbonyl (C=O) groups excluding carboxylic acids is 1. The molecular weight excluding hydrogens is 302 g/mol. The largest absolute Gasteiger partial charge is 0.355 e. The Morgan fingerprint density at radius 2 is 2.04 bits per heavy atom. The van der Waals surface area contributed by atoms with Crippen LogP contribution in [0.2, 0.25) is 0 Å². The maximum atomic E-state index is 12.1. The van der Waals surface area contributed by atoms with E-state index < -0.39 is 0 Å². The van der Waals surface area contributed by atoms with Gasteiger partial charge in [-0.25, -0.2) is 4.98 Å². The Bertz CT molecular complexity index is 552. The summed E-state index contributed by atoms with van der Waals surface area (Å²) in [4.78, 5) is 25.0. The maximum absolute atomic E-state index is 12.1. The highest BCUT2D eigenvalue weighted by molar-refractivity contribution is 5.78. The highest BCUT2D eigenvalue weighted by Gasteiger charge is 2.19. The lowest BCUT2D eigenvalue weighted by atomic mass is 9.97. The van der Waals surface area contributed by atoms with Gasteiger partial charge in [0.05, 0.1) is 12.7 Å². The third-order valence-electron chi connectivity index (χ3n) is 4.77. The molecule has 0 aromatic carbocycles. The number of hydrogen-bond donors (Lipinski definition) is 1. The van der Waals surface area contributed by atoms with Gasteiger partial charge in [-0.15, -0.1) is 0 Å². The van der Waals surface area contributed by atoms with E-state index in [1.54, 1.807) is 18.6 Å². The van der Waals surface area contributed by atoms with Gasteiger partial charge in [0.1, 0.15) is 5.82 Å². The molecule has 24 heavy (non-hydrogen) atoms. The predicted molar refractivity (Wildman–Crippen MR) is 94.9 cm³/mol. The van der Waals surface area contributed by atoms with Crippen molar-refractivity contribution < 1.29 is 4.79 Å². The lowest BCUT2D eigenvalue weighted by Crippen LogP contribution is -2.49. The minimum atomic E-state index is 0.138. The topological polar surface area (TPSA) is 61.4 Å². The van der Waals surface area contributed by atoms with Crippen LogP contribution < -0.4 is 10.2 Å². The number of rotatable bonds is 6. The summed E-state index contributed by atoms with van der Waals surface area (Å²) >= 11 is 0. The predicted octanol–water partition coefficient (Wildman–Crippen LogP) is 1.61. The van der Waals surface area contributed by atoms with E-state index in [1.807, 2.05) is 0 Å². The summed E-state index contributed by atoms with van der Waals surface area (Å²) in [6, 6.07) is 0. The molecule has 0 spiro atoms. The van der Waals surface area contributed by atoms with Gasteiger partial charge in [-0.3, -0.25) is 14.7 Å². The number of anilines is 1. The van der Waals surface area contributed by atoms with E-state index in [9.17, 15) is 4.79 Å². The lowest BCUT2D eigenvalue weighted by Gasteiger charge is -2.34. The fraction of sp³-hybridized carbons (Fsp3) is 0.611. The summed E-state index contributed by atoms with van der Waals surface area (Å²) in [5, 5.41) is 3.06. The molecule has 1 amide bonds. The molecule has 130 valence electrons. The zero-order chi connectivity index (χ0) is 16.6. The van der Waals surface area contributed by atoms with E-state index >= 15 is 0 Å². The van der Waals surface area contributed by atoms with Crippen LogP contribution in [0.15, 0.2) is 30.2 Å². The van der Waals surface area contributed by atoms with Crippen LogP contribution in [0.5, 0.6) is 0 Å². The second kappa shape index (κ2) is 8.78. The Labute approximate surface area is 144 Å².